The van der Waals surface area contributed by atoms with Crippen molar-refractivity contribution in [3.8, 4) is 0 Å². The highest BCUT2D eigenvalue weighted by molar-refractivity contribution is 6.06. The zero-order valence-corrected chi connectivity index (χ0v) is 22.6. The Morgan fingerprint density at radius 1 is 1.05 bits per heavy atom. The number of aromatic nitrogens is 2. The molecule has 1 aliphatic carbocycles. The Bertz CT molecular complexity index is 1530. The Kier molecular flexibility index (Phi) is 6.79. The van der Waals surface area contributed by atoms with Crippen LogP contribution in [0.5, 0.6) is 0 Å². The summed E-state index contributed by atoms with van der Waals surface area (Å²) in [6.07, 6.45) is -1.52. The quantitative estimate of drug-likeness (QED) is 0.417. The second-order valence-electron chi connectivity index (χ2n) is 11.3. The van der Waals surface area contributed by atoms with Crippen molar-refractivity contribution < 1.29 is 31.5 Å². The smallest absolute Gasteiger partial charge is 0.329 e. The van der Waals surface area contributed by atoms with Gasteiger partial charge in [0.25, 0.3) is 5.92 Å². The lowest BCUT2D eigenvalue weighted by atomic mass is 9.80. The van der Waals surface area contributed by atoms with Crippen LogP contribution >= 0.6 is 0 Å². The maximum absolute atomic E-state index is 15.6. The molecule has 2 amide bonds. The average Bonchev–Trinajstić information content (AvgIpc) is 3.47. The van der Waals surface area contributed by atoms with E-state index in [1.165, 1.54) is 6.07 Å². The molecule has 4 atom stereocenters. The van der Waals surface area contributed by atoms with Crippen molar-refractivity contribution in [2.45, 2.75) is 61.7 Å². The fourth-order valence-electron chi connectivity index (χ4n) is 6.54. The summed E-state index contributed by atoms with van der Waals surface area (Å²) in [5.41, 5.74) is 1.11. The van der Waals surface area contributed by atoms with Crippen LogP contribution < -0.4 is 10.6 Å². The molecule has 4 heterocycles. The first-order valence-electron chi connectivity index (χ1n) is 13.7. The van der Waals surface area contributed by atoms with E-state index in [0.29, 0.717) is 22.6 Å². The predicted molar refractivity (Wildman–Crippen MR) is 143 cm³/mol. The lowest BCUT2D eigenvalue weighted by molar-refractivity contribution is -0.171. The standard InChI is InChI=1S/C30H28F5N5O2/c1-17-21(18-6-3-2-4-7-18)11-23(26(41)40(17)16-30(33,34)35)38-15-29(31,32)20-10-19-12-28(13-24(19)37-14-20)22-8-5-9-36-25(22)39-27(28)42/h2-10,14,17,21,23,38H,11-13,15-16H2,1H3,(H,36,39,42)/t17-,21-,23+,28?/m1/s1. The van der Waals surface area contributed by atoms with Crippen molar-refractivity contribution in [2.75, 3.05) is 18.4 Å². The lowest BCUT2D eigenvalue weighted by Gasteiger charge is -2.43. The molecule has 0 saturated carbocycles. The van der Waals surface area contributed by atoms with E-state index >= 15 is 8.78 Å². The molecule has 1 unspecified atom stereocenters. The summed E-state index contributed by atoms with van der Waals surface area (Å²) >= 11 is 0. The molecule has 0 radical (unpaired) electrons. The predicted octanol–water partition coefficient (Wildman–Crippen LogP) is 4.48. The highest BCUT2D eigenvalue weighted by Gasteiger charge is 2.52. The average molecular weight is 586 g/mol. The van der Waals surface area contributed by atoms with Gasteiger partial charge in [-0.25, -0.2) is 4.98 Å². The Labute approximate surface area is 238 Å². The molecule has 42 heavy (non-hydrogen) atoms. The third-order valence-corrected chi connectivity index (χ3v) is 8.73. The zero-order valence-electron chi connectivity index (χ0n) is 22.6. The fourth-order valence-corrected chi connectivity index (χ4v) is 6.54. The molecule has 2 N–H and O–H groups in total. The van der Waals surface area contributed by atoms with E-state index in [9.17, 15) is 22.8 Å². The molecular formula is C30H28F5N5O2. The summed E-state index contributed by atoms with van der Waals surface area (Å²) < 4.78 is 71.3. The van der Waals surface area contributed by atoms with E-state index in [4.69, 9.17) is 0 Å². The first-order chi connectivity index (χ1) is 19.9. The van der Waals surface area contributed by atoms with Crippen molar-refractivity contribution >= 4 is 17.6 Å². The second-order valence-corrected chi connectivity index (χ2v) is 11.3. The van der Waals surface area contributed by atoms with Gasteiger partial charge in [-0.1, -0.05) is 36.4 Å². The molecule has 1 aromatic carbocycles. The van der Waals surface area contributed by atoms with Gasteiger partial charge in [0.1, 0.15) is 12.4 Å². The van der Waals surface area contributed by atoms with Crippen molar-refractivity contribution in [1.82, 2.24) is 20.2 Å². The number of pyridine rings is 2. The minimum absolute atomic E-state index is 0.0714. The molecule has 3 aliphatic rings. The topological polar surface area (TPSA) is 87.2 Å². The minimum atomic E-state index is -4.64. The number of nitrogens with zero attached hydrogens (tertiary/aromatic N) is 3. The molecule has 1 fully saturated rings. The van der Waals surface area contributed by atoms with Crippen LogP contribution in [0, 0.1) is 0 Å². The van der Waals surface area contributed by atoms with Crippen LogP contribution in [-0.2, 0) is 33.8 Å². The molecule has 0 bridgehead atoms. The molecule has 2 aliphatic heterocycles. The lowest BCUT2D eigenvalue weighted by Crippen LogP contribution is -2.59. The van der Waals surface area contributed by atoms with Crippen LogP contribution in [0.25, 0.3) is 0 Å². The Hall–Kier alpha value is -3.93. The number of alkyl halides is 5. The minimum Gasteiger partial charge on any atom is -0.329 e. The zero-order chi connectivity index (χ0) is 29.9. The highest BCUT2D eigenvalue weighted by atomic mass is 19.4. The van der Waals surface area contributed by atoms with Crippen molar-refractivity contribution in [3.63, 3.8) is 0 Å². The summed E-state index contributed by atoms with van der Waals surface area (Å²) in [5, 5.41) is 5.34. The maximum Gasteiger partial charge on any atom is 0.406 e. The Morgan fingerprint density at radius 3 is 2.55 bits per heavy atom. The molecule has 6 rings (SSSR count). The number of carbonyl (C=O) groups is 2. The summed E-state index contributed by atoms with van der Waals surface area (Å²) in [6, 6.07) is 11.6. The third-order valence-electron chi connectivity index (χ3n) is 8.73. The Balaban J connectivity index is 1.21. The normalized spacial score (nSPS) is 25.5. The number of halogens is 5. The van der Waals surface area contributed by atoms with Crippen LogP contribution in [0.3, 0.4) is 0 Å². The van der Waals surface area contributed by atoms with Crippen LogP contribution in [0.2, 0.25) is 0 Å². The molecule has 220 valence electrons. The number of hydrogen-bond acceptors (Lipinski definition) is 5. The number of benzene rings is 1. The summed E-state index contributed by atoms with van der Waals surface area (Å²) in [6.45, 7) is -0.889. The third kappa shape index (κ3) is 4.91. The molecule has 3 aromatic rings. The molecule has 1 spiro atoms. The van der Waals surface area contributed by atoms with Crippen molar-refractivity contribution in [3.05, 3.63) is 88.9 Å². The van der Waals surface area contributed by atoms with Crippen molar-refractivity contribution in [1.29, 1.82) is 0 Å². The molecule has 2 aromatic heterocycles. The molecule has 1 saturated heterocycles. The van der Waals surface area contributed by atoms with Gasteiger partial charge in [0.05, 0.1) is 18.0 Å². The fraction of sp³-hybridized carbons (Fsp3) is 0.400. The van der Waals surface area contributed by atoms with E-state index in [0.717, 1.165) is 16.7 Å². The van der Waals surface area contributed by atoms with Gasteiger partial charge in [-0.3, -0.25) is 19.9 Å². The molecule has 12 heteroatoms. The molecular weight excluding hydrogens is 557 g/mol. The first kappa shape index (κ1) is 28.2. The van der Waals surface area contributed by atoms with Crippen LogP contribution in [0.4, 0.5) is 27.8 Å². The van der Waals surface area contributed by atoms with E-state index < -0.39 is 60.1 Å². The van der Waals surface area contributed by atoms with Gasteiger partial charge >= 0.3 is 6.18 Å². The van der Waals surface area contributed by atoms with Gasteiger partial charge in [-0.15, -0.1) is 0 Å². The monoisotopic (exact) mass is 585 g/mol. The number of hydrogen-bond donors (Lipinski definition) is 2. The number of carbonyl (C=O) groups excluding carboxylic acids is 2. The van der Waals surface area contributed by atoms with Gasteiger partial charge < -0.3 is 10.2 Å². The van der Waals surface area contributed by atoms with E-state index in [2.05, 4.69) is 20.6 Å². The number of piperidine rings is 1. The van der Waals surface area contributed by atoms with Crippen LogP contribution in [0.1, 0.15) is 47.2 Å². The van der Waals surface area contributed by atoms with Gasteiger partial charge in [0.15, 0.2) is 0 Å². The van der Waals surface area contributed by atoms with Gasteiger partial charge in [0.2, 0.25) is 11.8 Å². The maximum atomic E-state index is 15.6. The molecule has 7 nitrogen and oxygen atoms in total. The van der Waals surface area contributed by atoms with Crippen LogP contribution in [-0.4, -0.2) is 58.0 Å². The summed E-state index contributed by atoms with van der Waals surface area (Å²) in [4.78, 5) is 35.3. The summed E-state index contributed by atoms with van der Waals surface area (Å²) in [7, 11) is 0. The largest absolute Gasteiger partial charge is 0.406 e. The Morgan fingerprint density at radius 2 is 1.81 bits per heavy atom. The van der Waals surface area contributed by atoms with Gasteiger partial charge in [0, 0.05) is 47.6 Å². The van der Waals surface area contributed by atoms with E-state index in [1.807, 2.05) is 0 Å². The number of amides is 2. The highest BCUT2D eigenvalue weighted by Crippen LogP contribution is 2.46. The summed E-state index contributed by atoms with van der Waals surface area (Å²) in [5.74, 6) is -4.65. The number of nitrogens with one attached hydrogen (secondary N) is 2. The van der Waals surface area contributed by atoms with E-state index in [-0.39, 0.29) is 25.2 Å². The van der Waals surface area contributed by atoms with Crippen LogP contribution in [0.15, 0.2) is 60.9 Å². The van der Waals surface area contributed by atoms with Crippen molar-refractivity contribution in [2.24, 2.45) is 0 Å². The SMILES string of the molecule is C[C@@H]1[C@H](c2ccccc2)C[C@H](NCC(F)(F)c2cnc3c(c2)CC2(C3)C(=O)Nc3ncccc32)C(=O)N1CC(F)(F)F. The second kappa shape index (κ2) is 10.1. The number of likely N-dealkylation sites (tertiary alicyclic amines) is 1. The van der Waals surface area contributed by atoms with Gasteiger partial charge in [-0.05, 0) is 43.0 Å². The number of anilines is 1. The number of fused-ring (bicyclic) bond motifs is 3. The number of rotatable bonds is 6. The van der Waals surface area contributed by atoms with E-state index in [1.54, 1.807) is 55.6 Å². The first-order valence-corrected chi connectivity index (χ1v) is 13.7. The van der Waals surface area contributed by atoms with Gasteiger partial charge in [-0.2, -0.15) is 22.0 Å².